The molecule has 1 fully saturated rings. The maximum atomic E-state index is 8.80. The number of β-amino-alcohol motifs (C(OH)–C–C–N with tert-alkyl or cyclic N) is 1. The number of piperidine rings is 1. The lowest BCUT2D eigenvalue weighted by molar-refractivity contribution is 0.145. The Morgan fingerprint density at radius 1 is 1.36 bits per heavy atom. The zero-order chi connectivity index (χ0) is 9.80. The molecule has 0 amide bonds. The molecule has 1 aromatic heterocycles. The third-order valence-corrected chi connectivity index (χ3v) is 2.79. The molecule has 0 spiro atoms. The Kier molecular flexibility index (Phi) is 3.10. The number of nitrogens with zero attached hydrogens (tertiary/aromatic N) is 4. The van der Waals surface area contributed by atoms with Gasteiger partial charge in [-0.05, 0) is 12.8 Å². The fourth-order valence-electron chi connectivity index (χ4n) is 1.96. The van der Waals surface area contributed by atoms with Crippen molar-refractivity contribution in [3.05, 3.63) is 12.4 Å². The Hall–Kier alpha value is -0.940. The maximum absolute atomic E-state index is 8.80. The predicted octanol–water partition coefficient (Wildman–Crippen LogP) is -0.0927. The molecule has 1 aliphatic rings. The molecule has 5 nitrogen and oxygen atoms in total. The van der Waals surface area contributed by atoms with Gasteiger partial charge >= 0.3 is 0 Å². The van der Waals surface area contributed by atoms with Gasteiger partial charge in [-0.25, -0.2) is 4.68 Å². The molecule has 0 unspecified atom stereocenters. The Morgan fingerprint density at radius 3 is 2.71 bits per heavy atom. The van der Waals surface area contributed by atoms with E-state index >= 15 is 0 Å². The van der Waals surface area contributed by atoms with Crippen LogP contribution in [0.3, 0.4) is 0 Å². The third kappa shape index (κ3) is 2.10. The van der Waals surface area contributed by atoms with Gasteiger partial charge in [0, 0.05) is 25.8 Å². The van der Waals surface area contributed by atoms with E-state index in [0.717, 1.165) is 32.5 Å². The van der Waals surface area contributed by atoms with E-state index in [0.29, 0.717) is 6.04 Å². The quantitative estimate of drug-likeness (QED) is 0.734. The van der Waals surface area contributed by atoms with Gasteiger partial charge in [0.15, 0.2) is 0 Å². The van der Waals surface area contributed by atoms with Crippen molar-refractivity contribution in [2.75, 3.05) is 26.2 Å². The second kappa shape index (κ2) is 4.52. The Morgan fingerprint density at radius 2 is 2.14 bits per heavy atom. The topological polar surface area (TPSA) is 54.2 Å². The van der Waals surface area contributed by atoms with Crippen LogP contribution in [0.2, 0.25) is 0 Å². The van der Waals surface area contributed by atoms with Gasteiger partial charge in [0.05, 0.1) is 18.8 Å². The van der Waals surface area contributed by atoms with Crippen LogP contribution in [0, 0.1) is 0 Å². The molecule has 0 aliphatic carbocycles. The summed E-state index contributed by atoms with van der Waals surface area (Å²) in [7, 11) is 0. The first-order chi connectivity index (χ1) is 6.90. The summed E-state index contributed by atoms with van der Waals surface area (Å²) in [5.41, 5.74) is 0. The second-order valence-corrected chi connectivity index (χ2v) is 3.68. The highest BCUT2D eigenvalue weighted by Crippen LogP contribution is 2.20. The second-order valence-electron chi connectivity index (χ2n) is 3.68. The molecular weight excluding hydrogens is 180 g/mol. The lowest BCUT2D eigenvalue weighted by Crippen LogP contribution is -2.36. The van der Waals surface area contributed by atoms with Crippen LogP contribution in [0.5, 0.6) is 0 Å². The Balaban J connectivity index is 1.84. The molecule has 1 N–H and O–H groups in total. The van der Waals surface area contributed by atoms with Crippen LogP contribution < -0.4 is 0 Å². The summed E-state index contributed by atoms with van der Waals surface area (Å²) in [5.74, 6) is 0. The van der Waals surface area contributed by atoms with Crippen LogP contribution in [0.4, 0.5) is 0 Å². The van der Waals surface area contributed by atoms with Crippen molar-refractivity contribution in [1.82, 2.24) is 19.9 Å². The van der Waals surface area contributed by atoms with Gasteiger partial charge in [0.2, 0.25) is 0 Å². The first-order valence-electron chi connectivity index (χ1n) is 5.09. The summed E-state index contributed by atoms with van der Waals surface area (Å²) < 4.78 is 1.94. The van der Waals surface area contributed by atoms with E-state index in [-0.39, 0.29) is 6.61 Å². The van der Waals surface area contributed by atoms with Crippen molar-refractivity contribution >= 4 is 0 Å². The van der Waals surface area contributed by atoms with Crippen molar-refractivity contribution < 1.29 is 5.11 Å². The first-order valence-corrected chi connectivity index (χ1v) is 5.09. The monoisotopic (exact) mass is 196 g/mol. The van der Waals surface area contributed by atoms with Crippen molar-refractivity contribution in [2.45, 2.75) is 18.9 Å². The normalized spacial score (nSPS) is 20.1. The van der Waals surface area contributed by atoms with Crippen molar-refractivity contribution in [3.8, 4) is 0 Å². The molecule has 0 aromatic carbocycles. The van der Waals surface area contributed by atoms with E-state index < -0.39 is 0 Å². The largest absolute Gasteiger partial charge is 0.395 e. The summed E-state index contributed by atoms with van der Waals surface area (Å²) in [4.78, 5) is 2.29. The smallest absolute Gasteiger partial charge is 0.0693 e. The summed E-state index contributed by atoms with van der Waals surface area (Å²) in [6, 6.07) is 0.493. The van der Waals surface area contributed by atoms with E-state index in [1.807, 2.05) is 10.9 Å². The molecule has 1 aromatic rings. The lowest BCUT2D eigenvalue weighted by atomic mass is 10.1. The van der Waals surface area contributed by atoms with Gasteiger partial charge in [-0.3, -0.25) is 0 Å². The molecular formula is C9H16N4O. The SMILES string of the molecule is OCCN1CCC(n2ccnn2)CC1. The minimum absolute atomic E-state index is 0.258. The molecule has 0 radical (unpaired) electrons. The van der Waals surface area contributed by atoms with Crippen molar-refractivity contribution in [1.29, 1.82) is 0 Å². The first kappa shape index (κ1) is 9.61. The van der Waals surface area contributed by atoms with E-state index in [1.165, 1.54) is 0 Å². The van der Waals surface area contributed by atoms with E-state index in [2.05, 4.69) is 15.2 Å². The van der Waals surface area contributed by atoms with Crippen LogP contribution >= 0.6 is 0 Å². The number of rotatable bonds is 3. The predicted molar refractivity (Wildman–Crippen MR) is 51.8 cm³/mol. The molecule has 78 valence electrons. The minimum Gasteiger partial charge on any atom is -0.395 e. The zero-order valence-corrected chi connectivity index (χ0v) is 8.21. The fourth-order valence-corrected chi connectivity index (χ4v) is 1.96. The summed E-state index contributed by atoms with van der Waals surface area (Å²) in [6.45, 7) is 3.15. The highest BCUT2D eigenvalue weighted by atomic mass is 16.3. The van der Waals surface area contributed by atoms with Gasteiger partial charge in [-0.2, -0.15) is 0 Å². The standard InChI is InChI=1S/C9H16N4O/c14-8-7-12-4-1-9(2-5-12)13-6-3-10-11-13/h3,6,9,14H,1-2,4-5,7-8H2. The number of hydrogen-bond acceptors (Lipinski definition) is 4. The number of aliphatic hydroxyl groups excluding tert-OH is 1. The fraction of sp³-hybridized carbons (Fsp3) is 0.778. The molecule has 1 aliphatic heterocycles. The maximum Gasteiger partial charge on any atom is 0.0693 e. The van der Waals surface area contributed by atoms with E-state index in [1.54, 1.807) is 6.20 Å². The average molecular weight is 196 g/mol. The van der Waals surface area contributed by atoms with Crippen LogP contribution in [0.25, 0.3) is 0 Å². The van der Waals surface area contributed by atoms with Gasteiger partial charge in [-0.15, -0.1) is 5.10 Å². The van der Waals surface area contributed by atoms with E-state index in [9.17, 15) is 0 Å². The third-order valence-electron chi connectivity index (χ3n) is 2.79. The molecule has 14 heavy (non-hydrogen) atoms. The highest BCUT2D eigenvalue weighted by molar-refractivity contribution is 4.78. The molecule has 1 saturated heterocycles. The molecule has 5 heteroatoms. The average Bonchev–Trinajstić information content (AvgIpc) is 2.72. The summed E-state index contributed by atoms with van der Waals surface area (Å²) >= 11 is 0. The van der Waals surface area contributed by atoms with Crippen LogP contribution in [-0.4, -0.2) is 51.2 Å². The van der Waals surface area contributed by atoms with Crippen LogP contribution in [-0.2, 0) is 0 Å². The van der Waals surface area contributed by atoms with Gasteiger partial charge in [0.1, 0.15) is 0 Å². The van der Waals surface area contributed by atoms with Gasteiger partial charge in [0.25, 0.3) is 0 Å². The molecule has 0 atom stereocenters. The molecule has 2 heterocycles. The minimum atomic E-state index is 0.258. The number of aliphatic hydroxyl groups is 1. The highest BCUT2D eigenvalue weighted by Gasteiger charge is 2.20. The molecule has 2 rings (SSSR count). The summed E-state index contributed by atoms with van der Waals surface area (Å²) in [5, 5.41) is 16.6. The number of hydrogen-bond donors (Lipinski definition) is 1. The molecule has 0 bridgehead atoms. The Bertz CT molecular complexity index is 254. The van der Waals surface area contributed by atoms with Gasteiger partial charge < -0.3 is 10.0 Å². The van der Waals surface area contributed by atoms with E-state index in [4.69, 9.17) is 5.11 Å². The zero-order valence-electron chi connectivity index (χ0n) is 8.21. The Labute approximate surface area is 83.3 Å². The number of aromatic nitrogens is 3. The summed E-state index contributed by atoms with van der Waals surface area (Å²) in [6.07, 6.45) is 5.85. The van der Waals surface area contributed by atoms with Crippen LogP contribution in [0.1, 0.15) is 18.9 Å². The van der Waals surface area contributed by atoms with Crippen molar-refractivity contribution in [3.63, 3.8) is 0 Å². The van der Waals surface area contributed by atoms with Crippen molar-refractivity contribution in [2.24, 2.45) is 0 Å². The number of likely N-dealkylation sites (tertiary alicyclic amines) is 1. The molecule has 0 saturated carbocycles. The van der Waals surface area contributed by atoms with Gasteiger partial charge in [-0.1, -0.05) is 5.21 Å². The van der Waals surface area contributed by atoms with Crippen LogP contribution in [0.15, 0.2) is 12.4 Å². The lowest BCUT2D eigenvalue weighted by Gasteiger charge is -2.31.